The second kappa shape index (κ2) is 5.20. The van der Waals surface area contributed by atoms with Crippen LogP contribution in [-0.4, -0.2) is 15.9 Å². The van der Waals surface area contributed by atoms with Crippen LogP contribution < -0.4 is 11.1 Å². The minimum atomic E-state index is -0.229. The number of nitrogens with one attached hydrogen (secondary N) is 1. The average molecular weight is 288 g/mol. The Balaban J connectivity index is 1.80. The van der Waals surface area contributed by atoms with Crippen molar-refractivity contribution in [2.24, 2.45) is 5.92 Å². The van der Waals surface area contributed by atoms with E-state index in [0.717, 1.165) is 22.7 Å². The second-order valence-electron chi connectivity index (χ2n) is 5.04. The number of nitrogen functional groups attached to an aromatic ring is 1. The monoisotopic (exact) mass is 288 g/mol. The summed E-state index contributed by atoms with van der Waals surface area (Å²) < 4.78 is 0. The van der Waals surface area contributed by atoms with Crippen molar-refractivity contribution in [1.29, 1.82) is 0 Å². The van der Waals surface area contributed by atoms with Crippen molar-refractivity contribution in [3.8, 4) is 0 Å². The zero-order valence-electron chi connectivity index (χ0n) is 11.2. The van der Waals surface area contributed by atoms with Gasteiger partial charge in [0.05, 0.1) is 11.7 Å². The quantitative estimate of drug-likeness (QED) is 0.904. The van der Waals surface area contributed by atoms with Crippen LogP contribution in [-0.2, 0) is 0 Å². The first-order chi connectivity index (χ1) is 9.65. The number of thiazole rings is 1. The number of rotatable bonds is 4. The third kappa shape index (κ3) is 2.65. The lowest BCUT2D eigenvalue weighted by molar-refractivity contribution is 0.0927. The number of pyridine rings is 1. The normalized spacial score (nSPS) is 15.8. The molecular weight excluding hydrogens is 272 g/mol. The Morgan fingerprint density at radius 1 is 1.50 bits per heavy atom. The second-order valence-corrected chi connectivity index (χ2v) is 6.31. The summed E-state index contributed by atoms with van der Waals surface area (Å²) in [5.74, 6) is 0.252. The number of nitrogens with zero attached hydrogens (tertiary/aromatic N) is 2. The van der Waals surface area contributed by atoms with Crippen LogP contribution in [0.5, 0.6) is 0 Å². The Morgan fingerprint density at radius 2 is 2.30 bits per heavy atom. The summed E-state index contributed by atoms with van der Waals surface area (Å²) >= 11 is 1.63. The van der Waals surface area contributed by atoms with Crippen LogP contribution in [0, 0.1) is 12.8 Å². The molecule has 1 aliphatic rings. The summed E-state index contributed by atoms with van der Waals surface area (Å²) in [4.78, 5) is 21.9. The molecule has 1 amide bonds. The number of carbonyl (C=O) groups is 1. The molecule has 1 aliphatic carbocycles. The summed E-state index contributed by atoms with van der Waals surface area (Å²) in [6, 6.07) is 3.37. The van der Waals surface area contributed by atoms with Crippen LogP contribution in [0.25, 0.3) is 0 Å². The van der Waals surface area contributed by atoms with Crippen molar-refractivity contribution in [3.05, 3.63) is 40.1 Å². The van der Waals surface area contributed by atoms with Gasteiger partial charge in [-0.3, -0.25) is 4.79 Å². The number of aromatic nitrogens is 2. The van der Waals surface area contributed by atoms with Gasteiger partial charge in [-0.1, -0.05) is 0 Å². The van der Waals surface area contributed by atoms with Crippen LogP contribution in [0.4, 0.5) is 5.69 Å². The first-order valence-electron chi connectivity index (χ1n) is 6.59. The van der Waals surface area contributed by atoms with E-state index in [4.69, 9.17) is 5.73 Å². The third-order valence-corrected chi connectivity index (χ3v) is 4.34. The number of anilines is 1. The van der Waals surface area contributed by atoms with E-state index in [2.05, 4.69) is 15.3 Å². The molecule has 5 nitrogen and oxygen atoms in total. The minimum absolute atomic E-state index is 0.0254. The van der Waals surface area contributed by atoms with Gasteiger partial charge in [0.2, 0.25) is 0 Å². The maximum atomic E-state index is 12.3. The molecule has 2 heterocycles. The van der Waals surface area contributed by atoms with Gasteiger partial charge >= 0.3 is 0 Å². The van der Waals surface area contributed by atoms with Gasteiger partial charge in [0, 0.05) is 17.3 Å². The lowest BCUT2D eigenvalue weighted by Gasteiger charge is -2.16. The molecular formula is C14H16N4OS. The predicted octanol–water partition coefficient (Wildman–Crippen LogP) is 2.31. The fourth-order valence-corrected chi connectivity index (χ4v) is 3.06. The molecule has 6 heteroatoms. The molecule has 1 fully saturated rings. The molecule has 1 unspecified atom stereocenters. The van der Waals surface area contributed by atoms with Crippen LogP contribution >= 0.6 is 11.3 Å². The van der Waals surface area contributed by atoms with Gasteiger partial charge < -0.3 is 11.1 Å². The van der Waals surface area contributed by atoms with E-state index in [-0.39, 0.29) is 17.6 Å². The van der Waals surface area contributed by atoms with Crippen molar-refractivity contribution in [2.75, 3.05) is 5.73 Å². The van der Waals surface area contributed by atoms with E-state index in [9.17, 15) is 4.79 Å². The van der Waals surface area contributed by atoms with Gasteiger partial charge in [0.15, 0.2) is 5.69 Å². The maximum Gasteiger partial charge on any atom is 0.272 e. The van der Waals surface area contributed by atoms with Crippen LogP contribution in [0.3, 0.4) is 0 Å². The summed E-state index contributed by atoms with van der Waals surface area (Å²) in [6.45, 7) is 2.02. The van der Waals surface area contributed by atoms with E-state index in [1.807, 2.05) is 13.1 Å². The molecule has 3 N–H and O–H groups in total. The fraction of sp³-hybridized carbons (Fsp3) is 0.357. The summed E-state index contributed by atoms with van der Waals surface area (Å²) in [5.41, 5.74) is 6.48. The highest BCUT2D eigenvalue weighted by Crippen LogP contribution is 2.42. The molecule has 20 heavy (non-hydrogen) atoms. The van der Waals surface area contributed by atoms with Crippen LogP contribution in [0.15, 0.2) is 24.5 Å². The zero-order chi connectivity index (χ0) is 14.1. The van der Waals surface area contributed by atoms with Gasteiger partial charge in [-0.05, 0) is 37.8 Å². The molecule has 1 saturated carbocycles. The van der Waals surface area contributed by atoms with Gasteiger partial charge in [-0.2, -0.15) is 0 Å². The van der Waals surface area contributed by atoms with E-state index in [1.54, 1.807) is 29.7 Å². The highest BCUT2D eigenvalue weighted by Gasteiger charge is 2.35. The number of amides is 1. The fourth-order valence-electron chi connectivity index (χ4n) is 2.14. The van der Waals surface area contributed by atoms with E-state index in [1.165, 1.54) is 0 Å². The van der Waals surface area contributed by atoms with Gasteiger partial charge in [0.25, 0.3) is 5.91 Å². The molecule has 104 valence electrons. The Hall–Kier alpha value is -1.95. The number of nitrogens with two attached hydrogens (primary N) is 1. The van der Waals surface area contributed by atoms with Crippen molar-refractivity contribution in [2.45, 2.75) is 25.8 Å². The topological polar surface area (TPSA) is 80.9 Å². The van der Waals surface area contributed by atoms with Crippen molar-refractivity contribution < 1.29 is 4.79 Å². The first-order valence-corrected chi connectivity index (χ1v) is 7.40. The SMILES string of the molecule is Cc1cnc(C(NC(=O)c2ncccc2N)C2CC2)s1. The Labute approximate surface area is 121 Å². The molecule has 2 aromatic heterocycles. The van der Waals surface area contributed by atoms with Crippen LogP contribution in [0.2, 0.25) is 0 Å². The lowest BCUT2D eigenvalue weighted by atomic mass is 10.2. The molecule has 0 aliphatic heterocycles. The highest BCUT2D eigenvalue weighted by molar-refractivity contribution is 7.11. The summed E-state index contributed by atoms with van der Waals surface area (Å²) in [5, 5.41) is 4.00. The Kier molecular flexibility index (Phi) is 3.40. The summed E-state index contributed by atoms with van der Waals surface area (Å²) in [7, 11) is 0. The molecule has 0 spiro atoms. The molecule has 0 radical (unpaired) electrons. The van der Waals surface area contributed by atoms with Gasteiger partial charge in [0.1, 0.15) is 5.01 Å². The van der Waals surface area contributed by atoms with Gasteiger partial charge in [-0.15, -0.1) is 11.3 Å². The first kappa shape index (κ1) is 13.1. The molecule has 2 aromatic rings. The predicted molar refractivity (Wildman–Crippen MR) is 78.4 cm³/mol. The van der Waals surface area contributed by atoms with E-state index < -0.39 is 0 Å². The highest BCUT2D eigenvalue weighted by atomic mass is 32.1. The van der Waals surface area contributed by atoms with Crippen molar-refractivity contribution in [1.82, 2.24) is 15.3 Å². The third-order valence-electron chi connectivity index (χ3n) is 3.34. The van der Waals surface area contributed by atoms with E-state index in [0.29, 0.717) is 11.6 Å². The largest absolute Gasteiger partial charge is 0.397 e. The van der Waals surface area contributed by atoms with Crippen molar-refractivity contribution in [3.63, 3.8) is 0 Å². The zero-order valence-corrected chi connectivity index (χ0v) is 12.0. The maximum absolute atomic E-state index is 12.3. The van der Waals surface area contributed by atoms with Gasteiger partial charge in [-0.25, -0.2) is 9.97 Å². The molecule has 3 rings (SSSR count). The number of aryl methyl sites for hydroxylation is 1. The number of carbonyl (C=O) groups excluding carboxylic acids is 1. The average Bonchev–Trinajstić information content (AvgIpc) is 3.18. The summed E-state index contributed by atoms with van der Waals surface area (Å²) in [6.07, 6.45) is 5.67. The number of hydrogen-bond donors (Lipinski definition) is 2. The lowest BCUT2D eigenvalue weighted by Crippen LogP contribution is -2.31. The number of hydrogen-bond acceptors (Lipinski definition) is 5. The molecule has 0 saturated heterocycles. The standard InChI is InChI=1S/C14H16N4OS/c1-8-7-17-14(20-8)11(9-4-5-9)18-13(19)12-10(15)3-2-6-16-12/h2-3,6-7,9,11H,4-5,15H2,1H3,(H,18,19). The Bertz CT molecular complexity index is 636. The smallest absolute Gasteiger partial charge is 0.272 e. The minimum Gasteiger partial charge on any atom is -0.397 e. The van der Waals surface area contributed by atoms with Crippen molar-refractivity contribution >= 4 is 22.9 Å². The van der Waals surface area contributed by atoms with E-state index >= 15 is 0 Å². The molecule has 0 bridgehead atoms. The van der Waals surface area contributed by atoms with Crippen LogP contribution in [0.1, 0.15) is 39.3 Å². The Morgan fingerprint density at radius 3 is 2.90 bits per heavy atom. The molecule has 0 aromatic carbocycles. The molecule has 1 atom stereocenters.